The monoisotopic (exact) mass is 159 g/mol. The summed E-state index contributed by atoms with van der Waals surface area (Å²) < 4.78 is 4.99. The van der Waals surface area contributed by atoms with Crippen molar-refractivity contribution in [3.63, 3.8) is 0 Å². The average molecular weight is 159 g/mol. The van der Waals surface area contributed by atoms with Crippen molar-refractivity contribution in [2.45, 2.75) is 20.3 Å². The molecule has 0 radical (unpaired) electrons. The quantitative estimate of drug-likeness (QED) is 0.525. The molecule has 3 heteroatoms. The van der Waals surface area contributed by atoms with Gasteiger partial charge in [0.05, 0.1) is 0 Å². The minimum absolute atomic E-state index is 0.0903. The first-order valence-electron chi connectivity index (χ1n) is 4.12. The maximum absolute atomic E-state index is 10.8. The number of carbonyl (C=O) groups is 1. The van der Waals surface area contributed by atoms with Gasteiger partial charge in [0.1, 0.15) is 6.61 Å². The van der Waals surface area contributed by atoms with Crippen LogP contribution < -0.4 is 0 Å². The van der Waals surface area contributed by atoms with E-state index in [4.69, 9.17) is 4.74 Å². The highest BCUT2D eigenvalue weighted by Crippen LogP contribution is 1.95. The van der Waals surface area contributed by atoms with Crippen LogP contribution in [0.15, 0.2) is 0 Å². The standard InChI is InChI=1S/C6H11NO2.C2H6/c1-7-3-2-4-9-5-6(7)8;1-2/h2-5H2,1H3;1-2H3. The van der Waals surface area contributed by atoms with E-state index in [1.807, 2.05) is 13.8 Å². The van der Waals surface area contributed by atoms with Crippen LogP contribution >= 0.6 is 0 Å². The Morgan fingerprint density at radius 2 is 2.09 bits per heavy atom. The van der Waals surface area contributed by atoms with Gasteiger partial charge in [-0.3, -0.25) is 4.79 Å². The lowest BCUT2D eigenvalue weighted by molar-refractivity contribution is -0.132. The normalized spacial score (nSPS) is 18.5. The van der Waals surface area contributed by atoms with Gasteiger partial charge in [0.25, 0.3) is 0 Å². The van der Waals surface area contributed by atoms with Gasteiger partial charge in [-0.2, -0.15) is 0 Å². The average Bonchev–Trinajstić information content (AvgIpc) is 2.22. The van der Waals surface area contributed by atoms with Crippen molar-refractivity contribution >= 4 is 5.91 Å². The van der Waals surface area contributed by atoms with Crippen LogP contribution in [0.4, 0.5) is 0 Å². The van der Waals surface area contributed by atoms with Crippen molar-refractivity contribution in [1.82, 2.24) is 4.90 Å². The number of hydrogen-bond acceptors (Lipinski definition) is 2. The summed E-state index contributed by atoms with van der Waals surface area (Å²) >= 11 is 0. The zero-order valence-electron chi connectivity index (χ0n) is 7.59. The molecule has 1 fully saturated rings. The fourth-order valence-electron chi connectivity index (χ4n) is 0.798. The molecule has 1 heterocycles. The summed E-state index contributed by atoms with van der Waals surface area (Å²) in [6.45, 7) is 5.81. The minimum atomic E-state index is 0.0903. The Hall–Kier alpha value is -0.570. The number of nitrogens with zero attached hydrogens (tertiary/aromatic N) is 1. The van der Waals surface area contributed by atoms with E-state index < -0.39 is 0 Å². The third-order valence-electron chi connectivity index (χ3n) is 1.43. The van der Waals surface area contributed by atoms with Crippen LogP contribution in [0.2, 0.25) is 0 Å². The molecule has 0 bridgehead atoms. The molecule has 0 aromatic carbocycles. The molecule has 1 aliphatic heterocycles. The van der Waals surface area contributed by atoms with E-state index in [9.17, 15) is 4.79 Å². The van der Waals surface area contributed by atoms with Crippen LogP contribution in [-0.4, -0.2) is 37.6 Å². The third kappa shape index (κ3) is 3.98. The minimum Gasteiger partial charge on any atom is -0.372 e. The summed E-state index contributed by atoms with van der Waals surface area (Å²) in [6.07, 6.45) is 0.961. The van der Waals surface area contributed by atoms with Crippen molar-refractivity contribution in [1.29, 1.82) is 0 Å². The van der Waals surface area contributed by atoms with Gasteiger partial charge < -0.3 is 9.64 Å². The first-order chi connectivity index (χ1) is 5.30. The second-order valence-corrected chi connectivity index (χ2v) is 2.22. The number of amides is 1. The number of rotatable bonds is 0. The largest absolute Gasteiger partial charge is 0.372 e. The van der Waals surface area contributed by atoms with Gasteiger partial charge in [0, 0.05) is 20.2 Å². The summed E-state index contributed by atoms with van der Waals surface area (Å²) in [7, 11) is 1.80. The van der Waals surface area contributed by atoms with Gasteiger partial charge in [-0.1, -0.05) is 13.8 Å². The SMILES string of the molecule is CC.CN1CCCOCC1=O. The maximum atomic E-state index is 10.8. The van der Waals surface area contributed by atoms with Gasteiger partial charge >= 0.3 is 0 Å². The first kappa shape index (κ1) is 10.4. The van der Waals surface area contributed by atoms with Crippen LogP contribution in [0, 0.1) is 0 Å². The Morgan fingerprint density at radius 3 is 2.73 bits per heavy atom. The number of hydrogen-bond donors (Lipinski definition) is 0. The lowest BCUT2D eigenvalue weighted by Gasteiger charge is -2.10. The molecule has 0 aromatic rings. The molecule has 0 atom stereocenters. The van der Waals surface area contributed by atoms with E-state index in [1.54, 1.807) is 11.9 Å². The summed E-state index contributed by atoms with van der Waals surface area (Å²) in [5, 5.41) is 0. The smallest absolute Gasteiger partial charge is 0.248 e. The van der Waals surface area contributed by atoms with Crippen LogP contribution in [0.1, 0.15) is 20.3 Å². The third-order valence-corrected chi connectivity index (χ3v) is 1.43. The van der Waals surface area contributed by atoms with Crippen LogP contribution in [0.5, 0.6) is 0 Å². The molecular formula is C8H17NO2. The second-order valence-electron chi connectivity index (χ2n) is 2.22. The van der Waals surface area contributed by atoms with Gasteiger partial charge in [-0.25, -0.2) is 0 Å². The van der Waals surface area contributed by atoms with E-state index in [2.05, 4.69) is 0 Å². The van der Waals surface area contributed by atoms with Crippen molar-refractivity contribution in [3.05, 3.63) is 0 Å². The molecule has 3 nitrogen and oxygen atoms in total. The molecule has 1 saturated heterocycles. The summed E-state index contributed by atoms with van der Waals surface area (Å²) in [5.41, 5.74) is 0. The topological polar surface area (TPSA) is 29.5 Å². The van der Waals surface area contributed by atoms with Crippen molar-refractivity contribution in [3.8, 4) is 0 Å². The van der Waals surface area contributed by atoms with E-state index in [0.29, 0.717) is 0 Å². The van der Waals surface area contributed by atoms with E-state index >= 15 is 0 Å². The Labute approximate surface area is 68.3 Å². The Kier molecular flexibility index (Phi) is 5.84. The van der Waals surface area contributed by atoms with Crippen LogP contribution in [0.25, 0.3) is 0 Å². The van der Waals surface area contributed by atoms with Crippen LogP contribution in [0.3, 0.4) is 0 Å². The highest BCUT2D eigenvalue weighted by atomic mass is 16.5. The lowest BCUT2D eigenvalue weighted by atomic mass is 10.4. The Morgan fingerprint density at radius 1 is 1.45 bits per heavy atom. The lowest BCUT2D eigenvalue weighted by Crippen LogP contribution is -2.28. The van der Waals surface area contributed by atoms with E-state index in [-0.39, 0.29) is 12.5 Å². The molecule has 1 amide bonds. The Balaban J connectivity index is 0.000000461. The second kappa shape index (κ2) is 6.16. The van der Waals surface area contributed by atoms with E-state index in [0.717, 1.165) is 19.6 Å². The molecule has 0 spiro atoms. The maximum Gasteiger partial charge on any atom is 0.248 e. The first-order valence-corrected chi connectivity index (χ1v) is 4.12. The molecule has 11 heavy (non-hydrogen) atoms. The molecule has 66 valence electrons. The Bertz CT molecular complexity index is 115. The van der Waals surface area contributed by atoms with Crippen molar-refractivity contribution in [2.24, 2.45) is 0 Å². The van der Waals surface area contributed by atoms with E-state index in [1.165, 1.54) is 0 Å². The summed E-state index contributed by atoms with van der Waals surface area (Å²) in [5.74, 6) is 0.0903. The molecule has 0 unspecified atom stereocenters. The zero-order chi connectivity index (χ0) is 8.69. The predicted octanol–water partition coefficient (Wildman–Crippen LogP) is 0.891. The van der Waals surface area contributed by atoms with Gasteiger partial charge in [-0.15, -0.1) is 0 Å². The number of likely N-dealkylation sites (N-methyl/N-ethyl adjacent to an activating group) is 1. The highest BCUT2D eigenvalue weighted by Gasteiger charge is 2.11. The van der Waals surface area contributed by atoms with Crippen molar-refractivity contribution < 1.29 is 9.53 Å². The van der Waals surface area contributed by atoms with Gasteiger partial charge in [0.2, 0.25) is 5.91 Å². The molecule has 0 N–H and O–H groups in total. The number of ether oxygens (including phenoxy) is 1. The molecule has 0 aliphatic carbocycles. The zero-order valence-corrected chi connectivity index (χ0v) is 7.59. The van der Waals surface area contributed by atoms with Gasteiger partial charge in [-0.05, 0) is 6.42 Å². The molecule has 1 rings (SSSR count). The molecule has 1 aliphatic rings. The molecule has 0 saturated carbocycles. The fraction of sp³-hybridized carbons (Fsp3) is 0.875. The summed E-state index contributed by atoms with van der Waals surface area (Å²) in [4.78, 5) is 12.5. The van der Waals surface area contributed by atoms with Crippen molar-refractivity contribution in [2.75, 3.05) is 26.8 Å². The molecule has 0 aromatic heterocycles. The highest BCUT2D eigenvalue weighted by molar-refractivity contribution is 5.77. The fourth-order valence-corrected chi connectivity index (χ4v) is 0.798. The molecular weight excluding hydrogens is 142 g/mol. The number of carbonyl (C=O) groups excluding carboxylic acids is 1. The van der Waals surface area contributed by atoms with Gasteiger partial charge in [0.15, 0.2) is 0 Å². The summed E-state index contributed by atoms with van der Waals surface area (Å²) in [6, 6.07) is 0. The van der Waals surface area contributed by atoms with Crippen LogP contribution in [-0.2, 0) is 9.53 Å². The predicted molar refractivity (Wildman–Crippen MR) is 44.4 cm³/mol.